The average molecular weight is 230 g/mol. The van der Waals surface area contributed by atoms with Crippen LogP contribution in [0.4, 0.5) is 0 Å². The molecule has 1 aromatic rings. The average Bonchev–Trinajstić information content (AvgIpc) is 2.15. The van der Waals surface area contributed by atoms with Crippen LogP contribution in [-0.4, -0.2) is 12.6 Å². The summed E-state index contributed by atoms with van der Waals surface area (Å²) in [5, 5.41) is 3.18. The van der Waals surface area contributed by atoms with E-state index in [1.54, 1.807) is 7.11 Å². The summed E-state index contributed by atoms with van der Waals surface area (Å²) in [5.41, 5.74) is 2.04. The van der Waals surface area contributed by atoms with Gasteiger partial charge in [0, 0.05) is 6.54 Å². The van der Waals surface area contributed by atoms with Gasteiger partial charge in [0.2, 0.25) is 0 Å². The van der Waals surface area contributed by atoms with E-state index >= 15 is 0 Å². The van der Waals surface area contributed by atoms with Gasteiger partial charge in [-0.2, -0.15) is 0 Å². The van der Waals surface area contributed by atoms with E-state index in [1.807, 2.05) is 18.2 Å². The molecule has 2 nitrogen and oxygen atoms in total. The van der Waals surface area contributed by atoms with Crippen molar-refractivity contribution in [3.8, 4) is 5.75 Å². The first-order chi connectivity index (χ1) is 5.86. The van der Waals surface area contributed by atoms with Crippen molar-refractivity contribution >= 4 is 15.9 Å². The van der Waals surface area contributed by atoms with Crippen molar-refractivity contribution in [1.29, 1.82) is 0 Å². The molecular formula is C9H12BrNO. The molecule has 0 amide bonds. The molecular weight excluding hydrogens is 218 g/mol. The van der Waals surface area contributed by atoms with Crippen molar-refractivity contribution in [2.75, 3.05) is 12.6 Å². The lowest BCUT2D eigenvalue weighted by atomic mass is 10.2. The first kappa shape index (κ1) is 9.55. The molecule has 0 fully saturated rings. The third kappa shape index (κ3) is 2.83. The lowest BCUT2D eigenvalue weighted by molar-refractivity contribution is 0.414. The second-order valence-electron chi connectivity index (χ2n) is 2.41. The van der Waals surface area contributed by atoms with E-state index in [9.17, 15) is 0 Å². The normalized spacial score (nSPS) is 9.83. The van der Waals surface area contributed by atoms with Crippen LogP contribution in [0.5, 0.6) is 5.75 Å². The number of hydrogen-bond acceptors (Lipinski definition) is 2. The highest BCUT2D eigenvalue weighted by Gasteiger charge is 1.93. The van der Waals surface area contributed by atoms with Crippen LogP contribution in [0.15, 0.2) is 24.3 Å². The van der Waals surface area contributed by atoms with Crippen molar-refractivity contribution in [2.45, 2.75) is 6.54 Å². The topological polar surface area (TPSA) is 21.3 Å². The Kier molecular flexibility index (Phi) is 4.11. The molecule has 0 bridgehead atoms. The zero-order chi connectivity index (χ0) is 8.81. The number of benzene rings is 1. The van der Waals surface area contributed by atoms with Gasteiger partial charge >= 0.3 is 0 Å². The molecule has 0 aliphatic carbocycles. The first-order valence-electron chi connectivity index (χ1n) is 3.76. The van der Waals surface area contributed by atoms with E-state index in [1.165, 1.54) is 5.56 Å². The van der Waals surface area contributed by atoms with Gasteiger partial charge in [-0.15, -0.1) is 0 Å². The van der Waals surface area contributed by atoms with Gasteiger partial charge in [0.25, 0.3) is 0 Å². The van der Waals surface area contributed by atoms with Crippen LogP contribution in [0.3, 0.4) is 0 Å². The molecule has 0 saturated carbocycles. The van der Waals surface area contributed by atoms with Crippen LogP contribution < -0.4 is 10.1 Å². The van der Waals surface area contributed by atoms with Crippen LogP contribution in [0.2, 0.25) is 0 Å². The fraction of sp³-hybridized carbons (Fsp3) is 0.333. The first-order valence-corrected chi connectivity index (χ1v) is 4.88. The zero-order valence-electron chi connectivity index (χ0n) is 7.01. The number of hydrogen-bond donors (Lipinski definition) is 1. The van der Waals surface area contributed by atoms with Crippen LogP contribution in [0.1, 0.15) is 5.56 Å². The molecule has 0 atom stereocenters. The highest BCUT2D eigenvalue weighted by molar-refractivity contribution is 9.09. The quantitative estimate of drug-likeness (QED) is 0.632. The Balaban J connectivity index is 2.60. The van der Waals surface area contributed by atoms with Crippen molar-refractivity contribution in [1.82, 2.24) is 5.32 Å². The van der Waals surface area contributed by atoms with Crippen LogP contribution in [0, 0.1) is 0 Å². The summed E-state index contributed by atoms with van der Waals surface area (Å²) in [7, 11) is 1.68. The number of methoxy groups -OCH3 is 1. The van der Waals surface area contributed by atoms with E-state index in [-0.39, 0.29) is 0 Å². The fourth-order valence-electron chi connectivity index (χ4n) is 0.974. The lowest BCUT2D eigenvalue weighted by Gasteiger charge is -2.03. The van der Waals surface area contributed by atoms with Gasteiger partial charge in [0.05, 0.1) is 12.6 Å². The molecule has 0 aliphatic rings. The Morgan fingerprint density at radius 3 is 3.00 bits per heavy atom. The molecule has 0 spiro atoms. The third-order valence-electron chi connectivity index (χ3n) is 1.56. The van der Waals surface area contributed by atoms with Crippen molar-refractivity contribution in [3.05, 3.63) is 29.8 Å². The summed E-state index contributed by atoms with van der Waals surface area (Å²) < 4.78 is 5.10. The highest BCUT2D eigenvalue weighted by Crippen LogP contribution is 2.11. The number of alkyl halides is 1. The Labute approximate surface area is 81.1 Å². The number of rotatable bonds is 4. The molecule has 66 valence electrons. The molecule has 1 aromatic carbocycles. The number of nitrogens with one attached hydrogen (secondary N) is 1. The minimum absolute atomic E-state index is 0.810. The second-order valence-corrected chi connectivity index (χ2v) is 2.97. The van der Waals surface area contributed by atoms with Gasteiger partial charge in [-0.25, -0.2) is 0 Å². The largest absolute Gasteiger partial charge is 0.497 e. The predicted octanol–water partition coefficient (Wildman–Crippen LogP) is 2.14. The van der Waals surface area contributed by atoms with Gasteiger partial charge < -0.3 is 10.1 Å². The van der Waals surface area contributed by atoms with Crippen molar-refractivity contribution < 1.29 is 4.74 Å². The number of ether oxygens (including phenoxy) is 1. The molecule has 0 unspecified atom stereocenters. The SMILES string of the molecule is COc1cccc(CNCBr)c1. The van der Waals surface area contributed by atoms with E-state index in [2.05, 4.69) is 27.3 Å². The predicted molar refractivity (Wildman–Crippen MR) is 53.6 cm³/mol. The molecule has 1 rings (SSSR count). The van der Waals surface area contributed by atoms with Gasteiger partial charge in [-0.3, -0.25) is 0 Å². The molecule has 1 N–H and O–H groups in total. The monoisotopic (exact) mass is 229 g/mol. The molecule has 0 saturated heterocycles. The second kappa shape index (κ2) is 5.17. The van der Waals surface area contributed by atoms with Crippen molar-refractivity contribution in [2.24, 2.45) is 0 Å². The van der Waals surface area contributed by atoms with E-state index in [0.29, 0.717) is 0 Å². The summed E-state index contributed by atoms with van der Waals surface area (Å²) >= 11 is 3.30. The summed E-state index contributed by atoms with van der Waals surface area (Å²) in [6, 6.07) is 8.02. The Bertz CT molecular complexity index is 240. The standard InChI is InChI=1S/C9H12BrNO/c1-12-9-4-2-3-8(5-9)6-11-7-10/h2-5,11H,6-7H2,1H3. The summed E-state index contributed by atoms with van der Waals surface area (Å²) in [6.07, 6.45) is 0. The molecule has 3 heteroatoms. The molecule has 0 aliphatic heterocycles. The Hall–Kier alpha value is -0.540. The maximum absolute atomic E-state index is 5.10. The summed E-state index contributed by atoms with van der Waals surface area (Å²) in [5.74, 6) is 0.906. The van der Waals surface area contributed by atoms with Gasteiger partial charge in [-0.1, -0.05) is 28.1 Å². The molecule has 0 heterocycles. The Morgan fingerprint density at radius 1 is 1.50 bits per heavy atom. The smallest absolute Gasteiger partial charge is 0.119 e. The molecule has 0 radical (unpaired) electrons. The highest BCUT2D eigenvalue weighted by atomic mass is 79.9. The van der Waals surface area contributed by atoms with E-state index in [0.717, 1.165) is 17.7 Å². The zero-order valence-corrected chi connectivity index (χ0v) is 8.60. The Morgan fingerprint density at radius 2 is 2.33 bits per heavy atom. The number of halogens is 1. The maximum atomic E-state index is 5.10. The van der Waals surface area contributed by atoms with Gasteiger partial charge in [-0.05, 0) is 17.7 Å². The van der Waals surface area contributed by atoms with Gasteiger partial charge in [0.1, 0.15) is 5.75 Å². The molecule has 12 heavy (non-hydrogen) atoms. The van der Waals surface area contributed by atoms with Crippen LogP contribution >= 0.6 is 15.9 Å². The van der Waals surface area contributed by atoms with E-state index < -0.39 is 0 Å². The van der Waals surface area contributed by atoms with Crippen LogP contribution in [-0.2, 0) is 6.54 Å². The third-order valence-corrected chi connectivity index (χ3v) is 1.95. The summed E-state index contributed by atoms with van der Waals surface area (Å²) in [4.78, 5) is 0. The minimum Gasteiger partial charge on any atom is -0.497 e. The van der Waals surface area contributed by atoms with E-state index in [4.69, 9.17) is 4.74 Å². The maximum Gasteiger partial charge on any atom is 0.119 e. The minimum atomic E-state index is 0.810. The van der Waals surface area contributed by atoms with Crippen molar-refractivity contribution in [3.63, 3.8) is 0 Å². The molecule has 0 aromatic heterocycles. The van der Waals surface area contributed by atoms with Gasteiger partial charge in [0.15, 0.2) is 0 Å². The summed E-state index contributed by atoms with van der Waals surface area (Å²) in [6.45, 7) is 0.864. The fourth-order valence-corrected chi connectivity index (χ4v) is 1.17. The van der Waals surface area contributed by atoms with Crippen LogP contribution in [0.25, 0.3) is 0 Å². The lowest BCUT2D eigenvalue weighted by Crippen LogP contribution is -2.09.